The maximum atomic E-state index is 11.4. The zero-order chi connectivity index (χ0) is 13.4. The second-order valence-corrected chi connectivity index (χ2v) is 4.54. The van der Waals surface area contributed by atoms with Crippen molar-refractivity contribution < 1.29 is 13.9 Å². The molecule has 0 aliphatic rings. The molecule has 0 saturated carbocycles. The first-order chi connectivity index (χ1) is 8.69. The first-order valence-corrected chi connectivity index (χ1v) is 6.57. The number of hydrogen-bond acceptors (Lipinski definition) is 4. The van der Waals surface area contributed by atoms with Crippen molar-refractivity contribution in [2.24, 2.45) is 0 Å². The van der Waals surface area contributed by atoms with Gasteiger partial charge in [-0.25, -0.2) is 4.79 Å². The number of carbonyl (C=O) groups is 1. The van der Waals surface area contributed by atoms with E-state index in [4.69, 9.17) is 4.42 Å². The fourth-order valence-corrected chi connectivity index (χ4v) is 1.83. The van der Waals surface area contributed by atoms with E-state index in [2.05, 4.69) is 23.9 Å². The molecule has 102 valence electrons. The molecule has 0 fully saturated rings. The first kappa shape index (κ1) is 14.8. The van der Waals surface area contributed by atoms with E-state index in [1.165, 1.54) is 32.6 Å². The van der Waals surface area contributed by atoms with Gasteiger partial charge >= 0.3 is 5.97 Å². The van der Waals surface area contributed by atoms with Crippen LogP contribution in [0.25, 0.3) is 0 Å². The Morgan fingerprint density at radius 1 is 1.50 bits per heavy atom. The number of hydrogen-bond donors (Lipinski definition) is 1. The van der Waals surface area contributed by atoms with E-state index in [9.17, 15) is 4.79 Å². The van der Waals surface area contributed by atoms with E-state index in [-0.39, 0.29) is 0 Å². The molecule has 18 heavy (non-hydrogen) atoms. The molecule has 1 aromatic heterocycles. The number of methoxy groups -OCH3 is 1. The number of nitrogens with one attached hydrogen (secondary N) is 1. The van der Waals surface area contributed by atoms with Crippen molar-refractivity contribution in [1.82, 2.24) is 5.32 Å². The summed E-state index contributed by atoms with van der Waals surface area (Å²) >= 11 is 0. The number of furan rings is 1. The Morgan fingerprint density at radius 2 is 2.28 bits per heavy atom. The van der Waals surface area contributed by atoms with Crippen LogP contribution >= 0.6 is 0 Å². The summed E-state index contributed by atoms with van der Waals surface area (Å²) in [5.74, 6) is -0.124. The lowest BCUT2D eigenvalue weighted by atomic mass is 10.1. The minimum Gasteiger partial charge on any atom is -0.463 e. The highest BCUT2D eigenvalue weighted by Gasteiger charge is 2.15. The molecule has 4 heteroatoms. The van der Waals surface area contributed by atoms with Gasteiger partial charge in [-0.15, -0.1) is 0 Å². The summed E-state index contributed by atoms with van der Waals surface area (Å²) in [6, 6.07) is 2.25. The van der Waals surface area contributed by atoms with Crippen LogP contribution in [0.5, 0.6) is 0 Å². The number of carbonyl (C=O) groups excluding carboxylic acids is 1. The lowest BCUT2D eigenvalue weighted by Gasteiger charge is -2.13. The topological polar surface area (TPSA) is 51.5 Å². The lowest BCUT2D eigenvalue weighted by molar-refractivity contribution is 0.0563. The number of esters is 1. The Balaban J connectivity index is 2.39. The maximum absolute atomic E-state index is 11.4. The van der Waals surface area contributed by atoms with Crippen molar-refractivity contribution >= 4 is 5.97 Å². The normalized spacial score (nSPS) is 12.4. The third kappa shape index (κ3) is 4.53. The lowest BCUT2D eigenvalue weighted by Crippen LogP contribution is -2.25. The van der Waals surface area contributed by atoms with E-state index < -0.39 is 5.97 Å². The Hall–Kier alpha value is -1.29. The van der Waals surface area contributed by atoms with Crippen LogP contribution in [0, 0.1) is 0 Å². The largest absolute Gasteiger partial charge is 0.463 e. The summed E-state index contributed by atoms with van der Waals surface area (Å²) < 4.78 is 9.79. The Labute approximate surface area is 109 Å². The van der Waals surface area contributed by atoms with E-state index in [0.717, 1.165) is 12.0 Å². The number of rotatable bonds is 8. The minimum absolute atomic E-state index is 0.297. The predicted octanol–water partition coefficient (Wildman–Crippen LogP) is 3.12. The highest BCUT2D eigenvalue weighted by Crippen LogP contribution is 2.12. The van der Waals surface area contributed by atoms with Gasteiger partial charge < -0.3 is 14.5 Å². The average Bonchev–Trinajstić information content (AvgIpc) is 2.84. The van der Waals surface area contributed by atoms with Crippen molar-refractivity contribution in [2.45, 2.75) is 52.1 Å². The molecule has 0 saturated heterocycles. The maximum Gasteiger partial charge on any atom is 0.374 e. The molecule has 1 atom stereocenters. The van der Waals surface area contributed by atoms with Gasteiger partial charge in [-0.1, -0.05) is 26.2 Å². The van der Waals surface area contributed by atoms with Crippen LogP contribution in [-0.4, -0.2) is 19.1 Å². The second-order valence-electron chi connectivity index (χ2n) is 4.54. The predicted molar refractivity (Wildman–Crippen MR) is 70.5 cm³/mol. The Bertz CT molecular complexity index is 360. The van der Waals surface area contributed by atoms with Gasteiger partial charge in [0, 0.05) is 18.2 Å². The third-order valence-electron chi connectivity index (χ3n) is 3.00. The zero-order valence-electron chi connectivity index (χ0n) is 11.5. The molecule has 4 nitrogen and oxygen atoms in total. The van der Waals surface area contributed by atoms with Gasteiger partial charge in [-0.3, -0.25) is 0 Å². The van der Waals surface area contributed by atoms with Crippen LogP contribution in [-0.2, 0) is 11.3 Å². The minimum atomic E-state index is -0.421. The average molecular weight is 253 g/mol. The van der Waals surface area contributed by atoms with Crippen LogP contribution in [0.3, 0.4) is 0 Å². The van der Waals surface area contributed by atoms with Gasteiger partial charge in [0.25, 0.3) is 0 Å². The molecule has 0 amide bonds. The summed E-state index contributed by atoms with van der Waals surface area (Å²) in [6.45, 7) is 4.99. The molecule has 0 aromatic carbocycles. The molecule has 1 heterocycles. The van der Waals surface area contributed by atoms with E-state index in [1.807, 2.05) is 0 Å². The van der Waals surface area contributed by atoms with Crippen molar-refractivity contribution in [3.63, 3.8) is 0 Å². The van der Waals surface area contributed by atoms with E-state index in [0.29, 0.717) is 18.3 Å². The molecular formula is C14H23NO3. The van der Waals surface area contributed by atoms with E-state index >= 15 is 0 Å². The van der Waals surface area contributed by atoms with E-state index in [1.54, 1.807) is 6.07 Å². The van der Waals surface area contributed by atoms with Gasteiger partial charge in [0.2, 0.25) is 5.76 Å². The van der Waals surface area contributed by atoms with Gasteiger partial charge in [-0.2, -0.15) is 0 Å². The van der Waals surface area contributed by atoms with Crippen LogP contribution in [0.2, 0.25) is 0 Å². The summed E-state index contributed by atoms with van der Waals surface area (Å²) in [5, 5.41) is 3.40. The summed E-state index contributed by atoms with van der Waals surface area (Å²) in [5.41, 5.74) is 0.851. The summed E-state index contributed by atoms with van der Waals surface area (Å²) in [4.78, 5) is 11.4. The molecule has 1 N–H and O–H groups in total. The molecule has 1 aromatic rings. The molecular weight excluding hydrogens is 230 g/mol. The van der Waals surface area contributed by atoms with Gasteiger partial charge in [0.1, 0.15) is 0 Å². The SMILES string of the molecule is CCCCCC(C)NCc1ccoc1C(=O)OC. The molecule has 0 bridgehead atoms. The fraction of sp³-hybridized carbons (Fsp3) is 0.643. The summed E-state index contributed by atoms with van der Waals surface area (Å²) in [7, 11) is 1.36. The van der Waals surface area contributed by atoms with Crippen molar-refractivity contribution in [3.05, 3.63) is 23.7 Å². The quantitative estimate of drug-likeness (QED) is 0.571. The van der Waals surface area contributed by atoms with Gasteiger partial charge in [-0.05, 0) is 19.4 Å². The number of ether oxygens (including phenoxy) is 1. The first-order valence-electron chi connectivity index (χ1n) is 6.57. The molecule has 0 aliphatic heterocycles. The summed E-state index contributed by atoms with van der Waals surface area (Å²) in [6.07, 6.45) is 6.41. The standard InChI is InChI=1S/C14H23NO3/c1-4-5-6-7-11(2)15-10-12-8-9-18-13(12)14(16)17-3/h8-9,11,15H,4-7,10H2,1-3H3. The molecule has 0 aliphatic carbocycles. The molecule has 1 unspecified atom stereocenters. The van der Waals surface area contributed by atoms with Crippen LogP contribution < -0.4 is 5.32 Å². The third-order valence-corrected chi connectivity index (χ3v) is 3.00. The van der Waals surface area contributed by atoms with Crippen molar-refractivity contribution in [1.29, 1.82) is 0 Å². The van der Waals surface area contributed by atoms with Gasteiger partial charge in [0.05, 0.1) is 13.4 Å². The Morgan fingerprint density at radius 3 is 2.94 bits per heavy atom. The smallest absolute Gasteiger partial charge is 0.374 e. The highest BCUT2D eigenvalue weighted by atomic mass is 16.5. The zero-order valence-corrected chi connectivity index (χ0v) is 11.5. The Kier molecular flexibility index (Phi) is 6.50. The van der Waals surface area contributed by atoms with Crippen molar-refractivity contribution in [2.75, 3.05) is 7.11 Å². The van der Waals surface area contributed by atoms with Crippen LogP contribution in [0.4, 0.5) is 0 Å². The second kappa shape index (κ2) is 7.93. The molecule has 0 spiro atoms. The van der Waals surface area contributed by atoms with Crippen LogP contribution in [0.1, 0.15) is 55.6 Å². The monoisotopic (exact) mass is 253 g/mol. The highest BCUT2D eigenvalue weighted by molar-refractivity contribution is 5.87. The molecule has 1 rings (SSSR count). The molecule has 0 radical (unpaired) electrons. The van der Waals surface area contributed by atoms with Gasteiger partial charge in [0.15, 0.2) is 0 Å². The number of unbranched alkanes of at least 4 members (excludes halogenated alkanes) is 2. The van der Waals surface area contributed by atoms with Crippen LogP contribution in [0.15, 0.2) is 16.7 Å². The van der Waals surface area contributed by atoms with Crippen molar-refractivity contribution in [3.8, 4) is 0 Å². The fourth-order valence-electron chi connectivity index (χ4n) is 1.83.